The minimum absolute atomic E-state index is 0.525. The van der Waals surface area contributed by atoms with Crippen LogP contribution in [0.15, 0.2) is 23.7 Å². The van der Waals surface area contributed by atoms with Crippen molar-refractivity contribution in [2.75, 3.05) is 11.9 Å². The van der Waals surface area contributed by atoms with E-state index in [1.807, 2.05) is 19.2 Å². The molecule has 0 spiro atoms. The zero-order valence-electron chi connectivity index (χ0n) is 13.1. The minimum Gasteiger partial charge on any atom is -0.309 e. The molecule has 1 aliphatic carbocycles. The summed E-state index contributed by atoms with van der Waals surface area (Å²) in [5.74, 6) is 0. The lowest BCUT2D eigenvalue weighted by Gasteiger charge is -2.14. The Bertz CT molecular complexity index is 718. The van der Waals surface area contributed by atoms with Gasteiger partial charge in [-0.3, -0.25) is 4.90 Å². The lowest BCUT2D eigenvalue weighted by molar-refractivity contribution is 0.694. The number of pyridine rings is 1. The SMILES string of the molecule is CN(C#N)c1c(CCc2ccnc(Cl)c2)csc1CNC1CC1. The molecule has 0 amide bonds. The van der Waals surface area contributed by atoms with Crippen molar-refractivity contribution in [1.82, 2.24) is 10.3 Å². The van der Waals surface area contributed by atoms with E-state index in [-0.39, 0.29) is 0 Å². The molecule has 6 heteroatoms. The maximum atomic E-state index is 9.30. The van der Waals surface area contributed by atoms with Crippen molar-refractivity contribution in [1.29, 1.82) is 5.26 Å². The Balaban J connectivity index is 1.73. The van der Waals surface area contributed by atoms with Crippen molar-refractivity contribution in [3.8, 4) is 6.19 Å². The van der Waals surface area contributed by atoms with Crippen LogP contribution in [0.5, 0.6) is 0 Å². The Morgan fingerprint density at radius 1 is 1.48 bits per heavy atom. The summed E-state index contributed by atoms with van der Waals surface area (Å²) < 4.78 is 0. The highest BCUT2D eigenvalue weighted by Crippen LogP contribution is 2.33. The van der Waals surface area contributed by atoms with Gasteiger partial charge in [-0.25, -0.2) is 4.98 Å². The average molecular weight is 347 g/mol. The fourth-order valence-corrected chi connectivity index (χ4v) is 3.85. The Morgan fingerprint density at radius 2 is 2.30 bits per heavy atom. The number of thiophene rings is 1. The van der Waals surface area contributed by atoms with E-state index >= 15 is 0 Å². The Kier molecular flexibility index (Phi) is 5.16. The molecule has 2 heterocycles. The van der Waals surface area contributed by atoms with E-state index in [1.165, 1.54) is 28.8 Å². The van der Waals surface area contributed by atoms with Gasteiger partial charge >= 0.3 is 0 Å². The van der Waals surface area contributed by atoms with Gasteiger partial charge in [0.1, 0.15) is 5.15 Å². The summed E-state index contributed by atoms with van der Waals surface area (Å²) in [4.78, 5) is 6.93. The molecule has 0 saturated heterocycles. The fraction of sp³-hybridized carbons (Fsp3) is 0.412. The predicted molar refractivity (Wildman–Crippen MR) is 94.9 cm³/mol. The van der Waals surface area contributed by atoms with Crippen LogP contribution in [0.1, 0.15) is 28.8 Å². The lowest BCUT2D eigenvalue weighted by Crippen LogP contribution is -2.18. The van der Waals surface area contributed by atoms with Crippen LogP contribution in [0.2, 0.25) is 5.15 Å². The third-order valence-corrected chi connectivity index (χ3v) is 5.23. The van der Waals surface area contributed by atoms with Gasteiger partial charge in [0.05, 0.1) is 5.69 Å². The van der Waals surface area contributed by atoms with E-state index < -0.39 is 0 Å². The number of rotatable bonds is 7. The molecule has 120 valence electrons. The summed E-state index contributed by atoms with van der Waals surface area (Å²) >= 11 is 7.68. The van der Waals surface area contributed by atoms with Gasteiger partial charge in [0, 0.05) is 30.7 Å². The van der Waals surface area contributed by atoms with Crippen LogP contribution in [0.3, 0.4) is 0 Å². The van der Waals surface area contributed by atoms with E-state index in [2.05, 4.69) is 21.9 Å². The molecule has 0 bridgehead atoms. The van der Waals surface area contributed by atoms with Crippen LogP contribution < -0.4 is 10.2 Å². The molecular weight excluding hydrogens is 328 g/mol. The molecule has 0 aliphatic heterocycles. The molecule has 0 aromatic carbocycles. The van der Waals surface area contributed by atoms with E-state index in [1.54, 1.807) is 22.4 Å². The van der Waals surface area contributed by atoms with E-state index in [0.717, 1.165) is 25.1 Å². The zero-order chi connectivity index (χ0) is 16.2. The standard InChI is InChI=1S/C17H19ClN4S/c1-22(11-19)17-13(3-2-12-6-7-20-16(18)8-12)10-23-15(17)9-21-14-4-5-14/h6-8,10,14,21H,2-5,9H2,1H3. The normalized spacial score (nSPS) is 13.8. The molecule has 0 atom stereocenters. The molecule has 1 saturated carbocycles. The van der Waals surface area contributed by atoms with Crippen molar-refractivity contribution in [3.63, 3.8) is 0 Å². The quantitative estimate of drug-likeness (QED) is 0.471. The monoisotopic (exact) mass is 346 g/mol. The molecule has 23 heavy (non-hydrogen) atoms. The van der Waals surface area contributed by atoms with Crippen molar-refractivity contribution < 1.29 is 0 Å². The predicted octanol–water partition coefficient (Wildman–Crippen LogP) is 3.75. The molecule has 0 unspecified atom stereocenters. The van der Waals surface area contributed by atoms with Gasteiger partial charge < -0.3 is 5.32 Å². The van der Waals surface area contributed by atoms with Gasteiger partial charge in [-0.1, -0.05) is 11.6 Å². The minimum atomic E-state index is 0.525. The van der Waals surface area contributed by atoms with Gasteiger partial charge in [-0.05, 0) is 54.3 Å². The number of nitrogens with zero attached hydrogens (tertiary/aromatic N) is 3. The molecule has 2 aromatic rings. The van der Waals surface area contributed by atoms with Crippen molar-refractivity contribution >= 4 is 28.6 Å². The Hall–Kier alpha value is -1.61. The zero-order valence-corrected chi connectivity index (χ0v) is 14.6. The number of aryl methyl sites for hydroxylation is 2. The smallest absolute Gasteiger partial charge is 0.184 e. The summed E-state index contributed by atoms with van der Waals surface area (Å²) in [6, 6.07) is 4.55. The van der Waals surface area contributed by atoms with Gasteiger partial charge in [-0.2, -0.15) is 5.26 Å². The highest BCUT2D eigenvalue weighted by molar-refractivity contribution is 7.10. The summed E-state index contributed by atoms with van der Waals surface area (Å²) in [5.41, 5.74) is 3.45. The van der Waals surface area contributed by atoms with Crippen molar-refractivity contribution in [2.45, 2.75) is 38.3 Å². The first-order chi connectivity index (χ1) is 11.2. The molecular formula is C17H19ClN4S. The fourth-order valence-electron chi connectivity index (χ4n) is 2.59. The summed E-state index contributed by atoms with van der Waals surface area (Å²) in [6.45, 7) is 0.845. The van der Waals surface area contributed by atoms with Gasteiger partial charge in [0.15, 0.2) is 6.19 Å². The molecule has 3 rings (SSSR count). The average Bonchev–Trinajstić information content (AvgIpc) is 3.29. The van der Waals surface area contributed by atoms with Crippen molar-refractivity contribution in [2.24, 2.45) is 0 Å². The maximum absolute atomic E-state index is 9.30. The molecule has 1 N–H and O–H groups in total. The molecule has 0 radical (unpaired) electrons. The number of halogens is 1. The summed E-state index contributed by atoms with van der Waals surface area (Å²) in [5, 5.41) is 15.5. The second kappa shape index (κ2) is 7.31. The third-order valence-electron chi connectivity index (χ3n) is 4.00. The van der Waals surface area contributed by atoms with Gasteiger partial charge in [0.2, 0.25) is 0 Å². The van der Waals surface area contributed by atoms with Gasteiger partial charge in [0.25, 0.3) is 0 Å². The first kappa shape index (κ1) is 16.3. The number of aromatic nitrogens is 1. The highest BCUT2D eigenvalue weighted by Gasteiger charge is 2.22. The number of nitriles is 1. The molecule has 1 aliphatic rings. The summed E-state index contributed by atoms with van der Waals surface area (Å²) in [6.07, 6.45) is 8.29. The second-order valence-electron chi connectivity index (χ2n) is 5.83. The van der Waals surface area contributed by atoms with Crippen LogP contribution in [0, 0.1) is 11.5 Å². The molecule has 2 aromatic heterocycles. The third kappa shape index (κ3) is 4.23. The number of anilines is 1. The van der Waals surface area contributed by atoms with E-state index in [9.17, 15) is 5.26 Å². The number of hydrogen-bond donors (Lipinski definition) is 1. The first-order valence-corrected chi connectivity index (χ1v) is 8.99. The number of nitrogens with one attached hydrogen (secondary N) is 1. The Morgan fingerprint density at radius 3 is 3.00 bits per heavy atom. The topological polar surface area (TPSA) is 52.0 Å². The van der Waals surface area contributed by atoms with Crippen LogP contribution in [-0.4, -0.2) is 18.1 Å². The van der Waals surface area contributed by atoms with Gasteiger partial charge in [-0.15, -0.1) is 11.3 Å². The summed E-state index contributed by atoms with van der Waals surface area (Å²) in [7, 11) is 1.83. The largest absolute Gasteiger partial charge is 0.309 e. The van der Waals surface area contributed by atoms with Crippen molar-refractivity contribution in [3.05, 3.63) is 44.9 Å². The van der Waals surface area contributed by atoms with Crippen LogP contribution in [-0.2, 0) is 19.4 Å². The van der Waals surface area contributed by atoms with E-state index in [0.29, 0.717) is 11.2 Å². The molecule has 4 nitrogen and oxygen atoms in total. The second-order valence-corrected chi connectivity index (χ2v) is 7.19. The molecule has 1 fully saturated rings. The van der Waals surface area contributed by atoms with Crippen LogP contribution >= 0.6 is 22.9 Å². The number of hydrogen-bond acceptors (Lipinski definition) is 5. The lowest BCUT2D eigenvalue weighted by atomic mass is 10.1. The van der Waals surface area contributed by atoms with Crippen LogP contribution in [0.25, 0.3) is 0 Å². The first-order valence-electron chi connectivity index (χ1n) is 7.74. The maximum Gasteiger partial charge on any atom is 0.184 e. The Labute approximate surface area is 145 Å². The highest BCUT2D eigenvalue weighted by atomic mass is 35.5. The van der Waals surface area contributed by atoms with E-state index in [4.69, 9.17) is 11.6 Å². The van der Waals surface area contributed by atoms with Crippen LogP contribution in [0.4, 0.5) is 5.69 Å².